The number of rotatable bonds is 7. The van der Waals surface area contributed by atoms with Crippen LogP contribution in [-0.2, 0) is 17.1 Å². The van der Waals surface area contributed by atoms with E-state index in [0.717, 1.165) is 12.1 Å². The summed E-state index contributed by atoms with van der Waals surface area (Å²) in [4.78, 5) is 17.9. The van der Waals surface area contributed by atoms with Crippen LogP contribution in [-0.4, -0.2) is 30.3 Å². The molecule has 0 bridgehead atoms. The Morgan fingerprint density at radius 3 is 2.57 bits per heavy atom. The molecule has 0 aliphatic heterocycles. The van der Waals surface area contributed by atoms with Crippen LogP contribution >= 0.6 is 0 Å². The maximum atomic E-state index is 15.2. The van der Waals surface area contributed by atoms with Gasteiger partial charge in [-0.2, -0.15) is 0 Å². The molecule has 0 unspecified atom stereocenters. The van der Waals surface area contributed by atoms with Crippen LogP contribution in [0.1, 0.15) is 20.3 Å². The summed E-state index contributed by atoms with van der Waals surface area (Å²) >= 11 is 0. The molecule has 0 fully saturated rings. The maximum absolute atomic E-state index is 15.2. The number of fused-ring (bicyclic) bond motifs is 1. The molecule has 10 heteroatoms. The maximum Gasteiger partial charge on any atom is 0.260 e. The van der Waals surface area contributed by atoms with E-state index in [1.54, 1.807) is 33.0 Å². The first-order valence-corrected chi connectivity index (χ1v) is 11.0. The smallest absolute Gasteiger partial charge is 0.260 e. The molecule has 0 aliphatic rings. The second-order valence-corrected chi connectivity index (χ2v) is 8.63. The number of benzene rings is 2. The zero-order chi connectivity index (χ0) is 22.1. The van der Waals surface area contributed by atoms with Crippen molar-refractivity contribution < 1.29 is 17.2 Å². The molecule has 2 aromatic carbocycles. The molecule has 0 aliphatic carbocycles. The van der Waals surface area contributed by atoms with Gasteiger partial charge in [-0.3, -0.25) is 9.52 Å². The summed E-state index contributed by atoms with van der Waals surface area (Å²) in [5.41, 5.74) is -0.202. The quantitative estimate of drug-likeness (QED) is 0.613. The first-order valence-electron chi connectivity index (χ1n) is 9.40. The molecule has 0 amide bonds. The van der Waals surface area contributed by atoms with Crippen molar-refractivity contribution in [3.05, 3.63) is 58.6 Å². The first-order chi connectivity index (χ1) is 14.2. The first kappa shape index (κ1) is 21.7. The van der Waals surface area contributed by atoms with Crippen molar-refractivity contribution >= 4 is 38.0 Å². The van der Waals surface area contributed by atoms with Crippen LogP contribution in [0.4, 0.5) is 25.8 Å². The number of nitrogens with zero attached hydrogens (tertiary/aromatic N) is 3. The van der Waals surface area contributed by atoms with Gasteiger partial charge in [0.2, 0.25) is 10.0 Å². The zero-order valence-electron chi connectivity index (χ0n) is 16.8. The topological polar surface area (TPSA) is 84.3 Å². The van der Waals surface area contributed by atoms with Gasteiger partial charge in [0.1, 0.15) is 11.5 Å². The molecule has 1 heterocycles. The van der Waals surface area contributed by atoms with E-state index < -0.39 is 27.3 Å². The number of nitrogens with one attached hydrogen (secondary N) is 1. The van der Waals surface area contributed by atoms with Gasteiger partial charge in [0.25, 0.3) is 5.56 Å². The Morgan fingerprint density at radius 1 is 1.17 bits per heavy atom. The monoisotopic (exact) mass is 436 g/mol. The normalized spacial score (nSPS) is 11.6. The van der Waals surface area contributed by atoms with Gasteiger partial charge >= 0.3 is 0 Å². The molecule has 3 aromatic rings. The average Bonchev–Trinajstić information content (AvgIpc) is 2.70. The summed E-state index contributed by atoms with van der Waals surface area (Å²) in [5, 5.41) is 0.302. The largest absolute Gasteiger partial charge is 0.337 e. The van der Waals surface area contributed by atoms with Crippen molar-refractivity contribution in [3.8, 4) is 0 Å². The van der Waals surface area contributed by atoms with E-state index in [2.05, 4.69) is 9.71 Å². The van der Waals surface area contributed by atoms with Crippen LogP contribution in [0.25, 0.3) is 10.9 Å². The highest BCUT2D eigenvalue weighted by atomic mass is 32.2. The van der Waals surface area contributed by atoms with Crippen molar-refractivity contribution in [2.24, 2.45) is 7.05 Å². The van der Waals surface area contributed by atoms with Gasteiger partial charge in [0, 0.05) is 19.3 Å². The van der Waals surface area contributed by atoms with Crippen LogP contribution in [0.5, 0.6) is 0 Å². The molecule has 1 aromatic heterocycles. The third-order valence-electron chi connectivity index (χ3n) is 4.60. The summed E-state index contributed by atoms with van der Waals surface area (Å²) in [6.07, 6.45) is 1.75. The SMILES string of the molecule is CCCS(=O)(=O)Nc1ccc(F)c(N(CC)c2ccc3ncn(C)c(=O)c3c2)c1F. The molecule has 0 spiro atoms. The van der Waals surface area contributed by atoms with Gasteiger partial charge in [-0.25, -0.2) is 22.2 Å². The van der Waals surface area contributed by atoms with Crippen molar-refractivity contribution in [2.45, 2.75) is 20.3 Å². The Hall–Kier alpha value is -3.01. The van der Waals surface area contributed by atoms with E-state index in [1.807, 2.05) is 0 Å². The van der Waals surface area contributed by atoms with Gasteiger partial charge in [-0.1, -0.05) is 6.92 Å². The summed E-state index contributed by atoms with van der Waals surface area (Å²) in [5.74, 6) is -2.07. The summed E-state index contributed by atoms with van der Waals surface area (Å²) in [6.45, 7) is 3.55. The van der Waals surface area contributed by atoms with Crippen LogP contribution in [0.2, 0.25) is 0 Å². The average molecular weight is 436 g/mol. The van der Waals surface area contributed by atoms with Crippen LogP contribution in [0, 0.1) is 11.6 Å². The summed E-state index contributed by atoms with van der Waals surface area (Å²) in [7, 11) is -2.20. The van der Waals surface area contributed by atoms with Crippen LogP contribution in [0.15, 0.2) is 41.5 Å². The minimum Gasteiger partial charge on any atom is -0.337 e. The summed E-state index contributed by atoms with van der Waals surface area (Å²) < 4.78 is 57.4. The van der Waals surface area contributed by atoms with Gasteiger partial charge in [-0.05, 0) is 43.7 Å². The number of hydrogen-bond acceptors (Lipinski definition) is 5. The lowest BCUT2D eigenvalue weighted by molar-refractivity contribution is 0.581. The minimum absolute atomic E-state index is 0.172. The van der Waals surface area contributed by atoms with E-state index in [9.17, 15) is 17.6 Å². The van der Waals surface area contributed by atoms with Crippen LogP contribution < -0.4 is 15.2 Å². The lowest BCUT2D eigenvalue weighted by Crippen LogP contribution is -2.22. The zero-order valence-corrected chi connectivity index (χ0v) is 17.6. The van der Waals surface area contributed by atoms with Gasteiger partial charge in [0.05, 0.1) is 28.7 Å². The lowest BCUT2D eigenvalue weighted by atomic mass is 10.1. The highest BCUT2D eigenvalue weighted by molar-refractivity contribution is 7.92. The van der Waals surface area contributed by atoms with Gasteiger partial charge in [0.15, 0.2) is 5.82 Å². The molecule has 7 nitrogen and oxygen atoms in total. The number of sulfonamides is 1. The van der Waals surface area contributed by atoms with Crippen molar-refractivity contribution in [3.63, 3.8) is 0 Å². The second-order valence-electron chi connectivity index (χ2n) is 6.78. The Kier molecular flexibility index (Phi) is 6.06. The minimum atomic E-state index is -3.76. The molecule has 0 radical (unpaired) electrons. The molecule has 1 N–H and O–H groups in total. The number of aromatic nitrogens is 2. The van der Waals surface area contributed by atoms with Crippen molar-refractivity contribution in [1.82, 2.24) is 9.55 Å². The molecule has 3 rings (SSSR count). The summed E-state index contributed by atoms with van der Waals surface area (Å²) in [6, 6.07) is 6.77. The lowest BCUT2D eigenvalue weighted by Gasteiger charge is -2.25. The van der Waals surface area contributed by atoms with E-state index >= 15 is 4.39 Å². The van der Waals surface area contributed by atoms with E-state index in [0.29, 0.717) is 23.0 Å². The highest BCUT2D eigenvalue weighted by Gasteiger charge is 2.23. The fourth-order valence-electron chi connectivity index (χ4n) is 3.19. The standard InChI is InChI=1S/C20H22F2N4O3S/c1-4-10-30(28,29)24-17-9-7-15(21)19(18(17)22)26(5-2)13-6-8-16-14(11-13)20(27)25(3)12-23-16/h6-9,11-12,24H,4-5,10H2,1-3H3. The van der Waals surface area contributed by atoms with Crippen LogP contribution in [0.3, 0.4) is 0 Å². The Bertz CT molecular complexity index is 1260. The predicted molar refractivity (Wildman–Crippen MR) is 114 cm³/mol. The number of aryl methyl sites for hydroxylation is 1. The Labute approximate surface area is 173 Å². The molecule has 0 atom stereocenters. The predicted octanol–water partition coefficient (Wildman–Crippen LogP) is 3.52. The third kappa shape index (κ3) is 4.13. The van der Waals surface area contributed by atoms with Crippen molar-refractivity contribution in [1.29, 1.82) is 0 Å². The van der Waals surface area contributed by atoms with E-state index in [4.69, 9.17) is 0 Å². The molecule has 160 valence electrons. The van der Waals surface area contributed by atoms with E-state index in [-0.39, 0.29) is 23.5 Å². The van der Waals surface area contributed by atoms with Gasteiger partial charge in [-0.15, -0.1) is 0 Å². The van der Waals surface area contributed by atoms with E-state index in [1.165, 1.54) is 21.9 Å². The molecule has 0 saturated carbocycles. The van der Waals surface area contributed by atoms with Gasteiger partial charge < -0.3 is 9.47 Å². The Balaban J connectivity index is 2.13. The molecular formula is C20H22F2N4O3S. The molecule has 30 heavy (non-hydrogen) atoms. The molecular weight excluding hydrogens is 414 g/mol. The fraction of sp³-hybridized carbons (Fsp3) is 0.300. The number of hydrogen-bond donors (Lipinski definition) is 1. The molecule has 0 saturated heterocycles. The fourth-order valence-corrected chi connectivity index (χ4v) is 4.32. The second kappa shape index (κ2) is 8.39. The number of halogens is 2. The number of anilines is 3. The Morgan fingerprint density at radius 2 is 1.90 bits per heavy atom. The third-order valence-corrected chi connectivity index (χ3v) is 6.08. The highest BCUT2D eigenvalue weighted by Crippen LogP contribution is 2.35. The van der Waals surface area contributed by atoms with Crippen molar-refractivity contribution in [2.75, 3.05) is 21.9 Å².